The van der Waals surface area contributed by atoms with Crippen molar-refractivity contribution in [3.8, 4) is 11.4 Å². The van der Waals surface area contributed by atoms with Crippen molar-refractivity contribution >= 4 is 29.2 Å². The number of benzene rings is 2. The molecule has 0 spiro atoms. The van der Waals surface area contributed by atoms with Gasteiger partial charge in [0, 0.05) is 11.3 Å². The Hall–Kier alpha value is -3.91. The Morgan fingerprint density at radius 3 is 2.74 bits per heavy atom. The summed E-state index contributed by atoms with van der Waals surface area (Å²) in [6.07, 6.45) is 1.41. The number of halogens is 1. The van der Waals surface area contributed by atoms with Gasteiger partial charge < -0.3 is 19.0 Å². The summed E-state index contributed by atoms with van der Waals surface area (Å²) in [6.45, 7) is 1.60. The number of nitrogens with one attached hydrogen (secondary N) is 1. The van der Waals surface area contributed by atoms with E-state index in [2.05, 4.69) is 15.5 Å². The van der Waals surface area contributed by atoms with Crippen LogP contribution in [0.1, 0.15) is 32.4 Å². The number of carbonyl (C=O) groups excluding carboxylic acids is 2. The Balaban J connectivity index is 1.42. The van der Waals surface area contributed by atoms with Gasteiger partial charge in [-0.25, -0.2) is 4.79 Å². The summed E-state index contributed by atoms with van der Waals surface area (Å²) in [5, 5.41) is 7.06. The lowest BCUT2D eigenvalue weighted by Crippen LogP contribution is -2.13. The number of nitrogens with zero attached hydrogens (tertiary/aromatic N) is 2. The van der Waals surface area contributed by atoms with Crippen molar-refractivity contribution < 1.29 is 23.3 Å². The molecule has 1 N–H and O–H groups in total. The van der Waals surface area contributed by atoms with Crippen molar-refractivity contribution in [3.63, 3.8) is 0 Å². The molecule has 0 unspecified atom stereocenters. The van der Waals surface area contributed by atoms with E-state index in [-0.39, 0.29) is 23.8 Å². The van der Waals surface area contributed by atoms with Crippen LogP contribution >= 0.6 is 11.6 Å². The number of anilines is 1. The number of ether oxygens (including phenoxy) is 1. The van der Waals surface area contributed by atoms with Crippen LogP contribution in [-0.2, 0) is 11.3 Å². The van der Waals surface area contributed by atoms with Gasteiger partial charge in [-0.2, -0.15) is 4.98 Å². The van der Waals surface area contributed by atoms with Crippen LogP contribution < -0.4 is 5.32 Å². The highest BCUT2D eigenvalue weighted by molar-refractivity contribution is 6.33. The zero-order valence-electron chi connectivity index (χ0n) is 16.3. The molecular weight excluding hydrogens is 422 g/mol. The molecule has 4 aromatic rings. The monoisotopic (exact) mass is 437 g/mol. The average molecular weight is 438 g/mol. The topological polar surface area (TPSA) is 107 Å². The van der Waals surface area contributed by atoms with Crippen LogP contribution in [0.2, 0.25) is 5.02 Å². The van der Waals surface area contributed by atoms with Gasteiger partial charge in [0.15, 0.2) is 12.4 Å². The first-order chi connectivity index (χ1) is 15.0. The van der Waals surface area contributed by atoms with E-state index < -0.39 is 11.9 Å². The van der Waals surface area contributed by atoms with Gasteiger partial charge in [0.05, 0.1) is 16.8 Å². The predicted molar refractivity (Wildman–Crippen MR) is 112 cm³/mol. The summed E-state index contributed by atoms with van der Waals surface area (Å²) in [4.78, 5) is 28.9. The lowest BCUT2D eigenvalue weighted by atomic mass is 10.1. The molecule has 2 aromatic carbocycles. The molecular formula is C22H16ClN3O5. The maximum atomic E-state index is 12.5. The maximum Gasteiger partial charge on any atom is 0.338 e. The molecule has 0 radical (unpaired) electrons. The maximum absolute atomic E-state index is 12.5. The second-order valence-electron chi connectivity index (χ2n) is 6.53. The quantitative estimate of drug-likeness (QED) is 0.427. The number of hydrogen-bond donors (Lipinski definition) is 1. The first kappa shape index (κ1) is 20.4. The fourth-order valence-electron chi connectivity index (χ4n) is 2.75. The van der Waals surface area contributed by atoms with Gasteiger partial charge in [0.1, 0.15) is 0 Å². The lowest BCUT2D eigenvalue weighted by molar-refractivity contribution is 0.0429. The Labute approximate surface area is 181 Å². The molecule has 2 heterocycles. The van der Waals surface area contributed by atoms with Crippen LogP contribution in [0.3, 0.4) is 0 Å². The summed E-state index contributed by atoms with van der Waals surface area (Å²) in [5.41, 5.74) is 2.11. The molecule has 1 amide bonds. The highest BCUT2D eigenvalue weighted by Gasteiger charge is 2.16. The fourth-order valence-corrected chi connectivity index (χ4v) is 2.97. The molecule has 0 saturated heterocycles. The van der Waals surface area contributed by atoms with E-state index in [0.717, 1.165) is 5.56 Å². The highest BCUT2D eigenvalue weighted by Crippen LogP contribution is 2.25. The molecule has 8 nitrogen and oxygen atoms in total. The Kier molecular flexibility index (Phi) is 5.81. The van der Waals surface area contributed by atoms with Crippen molar-refractivity contribution in [2.45, 2.75) is 13.5 Å². The number of carbonyl (C=O) groups is 2. The molecule has 4 rings (SSSR count). The third-order valence-corrected chi connectivity index (χ3v) is 4.71. The molecule has 0 aliphatic carbocycles. The molecule has 156 valence electrons. The van der Waals surface area contributed by atoms with E-state index in [1.54, 1.807) is 48.5 Å². The minimum absolute atomic E-state index is 0.127. The van der Waals surface area contributed by atoms with Crippen molar-refractivity contribution in [1.82, 2.24) is 10.1 Å². The SMILES string of the molecule is Cc1ccc(C(=O)OCc2nc(-c3ccccc3Cl)no2)cc1NC(=O)c1ccco1. The van der Waals surface area contributed by atoms with Crippen molar-refractivity contribution in [3.05, 3.63) is 88.7 Å². The molecule has 31 heavy (non-hydrogen) atoms. The van der Waals surface area contributed by atoms with Gasteiger partial charge in [-0.3, -0.25) is 4.79 Å². The minimum Gasteiger partial charge on any atom is -0.459 e. The van der Waals surface area contributed by atoms with Crippen LogP contribution in [0, 0.1) is 6.92 Å². The van der Waals surface area contributed by atoms with Gasteiger partial charge in [-0.05, 0) is 48.9 Å². The van der Waals surface area contributed by atoms with E-state index >= 15 is 0 Å². The van der Waals surface area contributed by atoms with Gasteiger partial charge >= 0.3 is 5.97 Å². The second-order valence-corrected chi connectivity index (χ2v) is 6.94. The predicted octanol–water partition coefficient (Wildman–Crippen LogP) is 4.90. The molecule has 0 aliphatic rings. The smallest absolute Gasteiger partial charge is 0.338 e. The lowest BCUT2D eigenvalue weighted by Gasteiger charge is -2.09. The summed E-state index contributed by atoms with van der Waals surface area (Å²) in [5.74, 6) is -0.433. The van der Waals surface area contributed by atoms with Crippen LogP contribution in [0.25, 0.3) is 11.4 Å². The number of hydrogen-bond acceptors (Lipinski definition) is 7. The summed E-state index contributed by atoms with van der Waals surface area (Å²) < 4.78 is 15.5. The first-order valence-corrected chi connectivity index (χ1v) is 9.59. The van der Waals surface area contributed by atoms with Crippen molar-refractivity contribution in [2.24, 2.45) is 0 Å². The van der Waals surface area contributed by atoms with Gasteiger partial charge in [-0.15, -0.1) is 0 Å². The van der Waals surface area contributed by atoms with E-state index in [1.807, 2.05) is 6.92 Å². The molecule has 0 aliphatic heterocycles. The summed E-state index contributed by atoms with van der Waals surface area (Å²) in [7, 11) is 0. The van der Waals surface area contributed by atoms with E-state index in [1.165, 1.54) is 12.3 Å². The van der Waals surface area contributed by atoms with Crippen molar-refractivity contribution in [2.75, 3.05) is 5.32 Å². The molecule has 0 atom stereocenters. The third kappa shape index (κ3) is 4.65. The molecule has 0 saturated carbocycles. The standard InChI is InChI=1S/C22H16ClN3O5/c1-13-8-9-14(11-17(13)24-21(27)18-7-4-10-29-18)22(28)30-12-19-25-20(26-31-19)15-5-2-3-6-16(15)23/h2-11H,12H2,1H3,(H,24,27). The highest BCUT2D eigenvalue weighted by atomic mass is 35.5. The summed E-state index contributed by atoms with van der Waals surface area (Å²) >= 11 is 6.13. The largest absolute Gasteiger partial charge is 0.459 e. The van der Waals surface area contributed by atoms with Gasteiger partial charge in [-0.1, -0.05) is 35.0 Å². The van der Waals surface area contributed by atoms with Crippen molar-refractivity contribution in [1.29, 1.82) is 0 Å². The van der Waals surface area contributed by atoms with Gasteiger partial charge in [0.25, 0.3) is 11.8 Å². The fraction of sp³-hybridized carbons (Fsp3) is 0.0909. The molecule has 0 fully saturated rings. The van der Waals surface area contributed by atoms with E-state index in [9.17, 15) is 9.59 Å². The number of rotatable bonds is 6. The minimum atomic E-state index is -0.606. The normalized spacial score (nSPS) is 10.6. The first-order valence-electron chi connectivity index (χ1n) is 9.21. The summed E-state index contributed by atoms with van der Waals surface area (Å²) in [6, 6.07) is 15.1. The Bertz CT molecular complexity index is 1230. The number of aryl methyl sites for hydroxylation is 1. The Morgan fingerprint density at radius 2 is 1.97 bits per heavy atom. The van der Waals surface area contributed by atoms with E-state index in [4.69, 9.17) is 25.3 Å². The van der Waals surface area contributed by atoms with Gasteiger partial charge in [0.2, 0.25) is 5.82 Å². The average Bonchev–Trinajstić information content (AvgIpc) is 3.46. The van der Waals surface area contributed by atoms with Crippen LogP contribution in [0.4, 0.5) is 5.69 Å². The molecule has 9 heteroatoms. The zero-order chi connectivity index (χ0) is 21.8. The number of esters is 1. The zero-order valence-corrected chi connectivity index (χ0v) is 17.1. The Morgan fingerprint density at radius 1 is 1.13 bits per heavy atom. The van der Waals surface area contributed by atoms with Crippen LogP contribution in [0.15, 0.2) is 69.8 Å². The number of aromatic nitrogens is 2. The number of amides is 1. The molecule has 2 aromatic heterocycles. The van der Waals surface area contributed by atoms with Crippen LogP contribution in [0.5, 0.6) is 0 Å². The third-order valence-electron chi connectivity index (χ3n) is 4.38. The van der Waals surface area contributed by atoms with E-state index in [0.29, 0.717) is 22.1 Å². The van der Waals surface area contributed by atoms with Crippen LogP contribution in [-0.4, -0.2) is 22.0 Å². The second kappa shape index (κ2) is 8.85. The number of furan rings is 1. The molecule has 0 bridgehead atoms.